The highest BCUT2D eigenvalue weighted by Gasteiger charge is 2.32. The number of aliphatic hydroxyl groups is 1. The lowest BCUT2D eigenvalue weighted by atomic mass is 9.79. The number of nitrogens with one attached hydrogen (secondary N) is 1. The molecule has 1 aromatic rings. The second-order valence-corrected chi connectivity index (χ2v) is 6.67. The maximum Gasteiger partial charge on any atom is 0.147 e. The zero-order valence-corrected chi connectivity index (χ0v) is 12.4. The Morgan fingerprint density at radius 3 is 3.10 bits per heavy atom. The third-order valence-corrected chi connectivity index (χ3v) is 4.74. The van der Waals surface area contributed by atoms with Gasteiger partial charge in [0.1, 0.15) is 11.6 Å². The topological polar surface area (TPSA) is 63.0 Å². The van der Waals surface area contributed by atoms with Crippen molar-refractivity contribution in [1.82, 2.24) is 20.1 Å². The molecule has 2 aliphatic rings. The van der Waals surface area contributed by atoms with Crippen molar-refractivity contribution in [2.24, 2.45) is 5.92 Å². The molecular weight excluding hydrogens is 252 g/mol. The monoisotopic (exact) mass is 278 g/mol. The van der Waals surface area contributed by atoms with Gasteiger partial charge in [-0.15, -0.1) is 10.2 Å². The Kier molecular flexibility index (Phi) is 4.08. The molecule has 1 fully saturated rings. The first kappa shape index (κ1) is 14.0. The van der Waals surface area contributed by atoms with E-state index in [9.17, 15) is 5.11 Å². The van der Waals surface area contributed by atoms with E-state index >= 15 is 0 Å². The lowest BCUT2D eigenvalue weighted by Gasteiger charge is -2.35. The summed E-state index contributed by atoms with van der Waals surface area (Å²) in [5.74, 6) is 2.78. The second kappa shape index (κ2) is 5.82. The molecule has 1 aliphatic heterocycles. The summed E-state index contributed by atoms with van der Waals surface area (Å²) in [6, 6.07) is 0. The fraction of sp³-hybridized carbons (Fsp3) is 0.867. The Bertz CT molecular complexity index is 459. The van der Waals surface area contributed by atoms with Gasteiger partial charge in [-0.2, -0.15) is 0 Å². The molecule has 5 heteroatoms. The first-order valence-electron chi connectivity index (χ1n) is 8.00. The summed E-state index contributed by atoms with van der Waals surface area (Å²) in [5, 5.41) is 22.5. The third-order valence-electron chi connectivity index (χ3n) is 4.74. The van der Waals surface area contributed by atoms with E-state index in [1.165, 1.54) is 19.3 Å². The fourth-order valence-corrected chi connectivity index (χ4v) is 3.70. The average molecular weight is 278 g/mol. The van der Waals surface area contributed by atoms with E-state index in [1.807, 2.05) is 0 Å². The number of rotatable bonds is 4. The molecule has 0 bridgehead atoms. The number of nitrogens with zero attached hydrogens (tertiary/aromatic N) is 3. The van der Waals surface area contributed by atoms with Gasteiger partial charge in [-0.25, -0.2) is 0 Å². The zero-order chi connectivity index (χ0) is 14.0. The Labute approximate surface area is 120 Å². The zero-order valence-electron chi connectivity index (χ0n) is 12.4. The predicted octanol–water partition coefficient (Wildman–Crippen LogP) is 1.65. The molecule has 2 heterocycles. The quantitative estimate of drug-likeness (QED) is 0.879. The molecule has 0 aromatic carbocycles. The summed E-state index contributed by atoms with van der Waals surface area (Å²) >= 11 is 0. The van der Waals surface area contributed by atoms with Crippen molar-refractivity contribution < 1.29 is 5.11 Å². The number of hydrogen-bond acceptors (Lipinski definition) is 4. The number of fused-ring (bicyclic) bond motifs is 1. The Balaban J connectivity index is 1.53. The van der Waals surface area contributed by atoms with E-state index < -0.39 is 5.60 Å². The summed E-state index contributed by atoms with van der Waals surface area (Å²) in [7, 11) is 0. The highest BCUT2D eigenvalue weighted by atomic mass is 16.3. The van der Waals surface area contributed by atoms with E-state index in [-0.39, 0.29) is 0 Å². The van der Waals surface area contributed by atoms with Crippen LogP contribution < -0.4 is 5.32 Å². The van der Waals surface area contributed by atoms with E-state index in [2.05, 4.69) is 27.0 Å². The van der Waals surface area contributed by atoms with Gasteiger partial charge >= 0.3 is 0 Å². The highest BCUT2D eigenvalue weighted by Crippen LogP contribution is 2.31. The molecule has 0 amide bonds. The predicted molar refractivity (Wildman–Crippen MR) is 77.2 cm³/mol. The van der Waals surface area contributed by atoms with Crippen molar-refractivity contribution in [3.63, 3.8) is 0 Å². The third kappa shape index (κ3) is 3.04. The van der Waals surface area contributed by atoms with Crippen molar-refractivity contribution in [3.05, 3.63) is 11.6 Å². The molecule has 20 heavy (non-hydrogen) atoms. The van der Waals surface area contributed by atoms with Gasteiger partial charge in [0.05, 0.1) is 12.1 Å². The molecular formula is C15H26N4O. The van der Waals surface area contributed by atoms with Crippen molar-refractivity contribution in [1.29, 1.82) is 0 Å². The fourth-order valence-electron chi connectivity index (χ4n) is 3.70. The van der Waals surface area contributed by atoms with Crippen molar-refractivity contribution in [2.75, 3.05) is 6.54 Å². The molecule has 1 aromatic heterocycles. The van der Waals surface area contributed by atoms with Gasteiger partial charge in [-0.05, 0) is 31.6 Å². The largest absolute Gasteiger partial charge is 0.389 e. The maximum atomic E-state index is 10.6. The van der Waals surface area contributed by atoms with Gasteiger partial charge in [0.2, 0.25) is 0 Å². The molecule has 2 unspecified atom stereocenters. The maximum absolute atomic E-state index is 10.6. The molecule has 112 valence electrons. The van der Waals surface area contributed by atoms with Crippen LogP contribution in [0, 0.1) is 5.92 Å². The molecule has 0 spiro atoms. The van der Waals surface area contributed by atoms with Crippen LogP contribution in [0.3, 0.4) is 0 Å². The molecule has 2 atom stereocenters. The van der Waals surface area contributed by atoms with Gasteiger partial charge in [-0.3, -0.25) is 0 Å². The lowest BCUT2D eigenvalue weighted by molar-refractivity contribution is -0.0120. The van der Waals surface area contributed by atoms with Crippen molar-refractivity contribution >= 4 is 0 Å². The minimum atomic E-state index is -0.525. The summed E-state index contributed by atoms with van der Waals surface area (Å²) in [6.45, 7) is 4.66. The molecule has 2 N–H and O–H groups in total. The lowest BCUT2D eigenvalue weighted by Crippen LogP contribution is -2.44. The van der Waals surface area contributed by atoms with Crippen LogP contribution in [0.5, 0.6) is 0 Å². The van der Waals surface area contributed by atoms with Crippen LogP contribution in [0.2, 0.25) is 0 Å². The molecule has 0 radical (unpaired) electrons. The van der Waals surface area contributed by atoms with Crippen LogP contribution >= 0.6 is 0 Å². The first-order chi connectivity index (χ1) is 9.66. The van der Waals surface area contributed by atoms with Crippen molar-refractivity contribution in [2.45, 2.75) is 70.6 Å². The molecule has 0 saturated heterocycles. The molecule has 3 rings (SSSR count). The van der Waals surface area contributed by atoms with E-state index in [4.69, 9.17) is 0 Å². The summed E-state index contributed by atoms with van der Waals surface area (Å²) in [4.78, 5) is 0. The molecule has 1 aliphatic carbocycles. The molecule has 5 nitrogen and oxygen atoms in total. The van der Waals surface area contributed by atoms with E-state index in [0.717, 1.165) is 43.9 Å². The van der Waals surface area contributed by atoms with Gasteiger partial charge < -0.3 is 15.0 Å². The van der Waals surface area contributed by atoms with Gasteiger partial charge in [0.25, 0.3) is 0 Å². The number of aromatic nitrogens is 3. The average Bonchev–Trinajstić information content (AvgIpc) is 2.82. The van der Waals surface area contributed by atoms with Crippen LogP contribution in [0.4, 0.5) is 0 Å². The van der Waals surface area contributed by atoms with Crippen LogP contribution in [0.1, 0.15) is 57.1 Å². The normalized spacial score (nSPS) is 30.2. The van der Waals surface area contributed by atoms with Gasteiger partial charge in [0.15, 0.2) is 0 Å². The number of hydrogen-bond donors (Lipinski definition) is 2. The van der Waals surface area contributed by atoms with Crippen LogP contribution in [-0.4, -0.2) is 32.0 Å². The standard InChI is InChI=1S/C15H26N4O/c1-12-5-4-7-15(20,9-12)11-16-10-14-18-17-13-6-2-3-8-19(13)14/h12,16,20H,2-11H2,1H3. The van der Waals surface area contributed by atoms with Crippen molar-refractivity contribution in [3.8, 4) is 0 Å². The van der Waals surface area contributed by atoms with E-state index in [0.29, 0.717) is 19.0 Å². The van der Waals surface area contributed by atoms with Crippen LogP contribution in [-0.2, 0) is 19.5 Å². The van der Waals surface area contributed by atoms with Crippen LogP contribution in [0.25, 0.3) is 0 Å². The Morgan fingerprint density at radius 2 is 2.25 bits per heavy atom. The SMILES string of the molecule is CC1CCCC(O)(CNCc2nnc3n2CCCC3)C1. The minimum Gasteiger partial charge on any atom is -0.389 e. The first-order valence-corrected chi connectivity index (χ1v) is 8.00. The summed E-state index contributed by atoms with van der Waals surface area (Å²) < 4.78 is 2.24. The highest BCUT2D eigenvalue weighted by molar-refractivity contribution is 4.99. The Hall–Kier alpha value is -0.940. The van der Waals surface area contributed by atoms with Crippen LogP contribution in [0.15, 0.2) is 0 Å². The summed E-state index contributed by atoms with van der Waals surface area (Å²) in [6.07, 6.45) is 7.72. The summed E-state index contributed by atoms with van der Waals surface area (Å²) in [5.41, 5.74) is -0.525. The van der Waals surface area contributed by atoms with Gasteiger partial charge in [-0.1, -0.05) is 19.8 Å². The minimum absolute atomic E-state index is 0.525. The Morgan fingerprint density at radius 1 is 1.35 bits per heavy atom. The smallest absolute Gasteiger partial charge is 0.147 e. The van der Waals surface area contributed by atoms with Gasteiger partial charge in [0, 0.05) is 19.5 Å². The number of aryl methyl sites for hydroxylation is 1. The van der Waals surface area contributed by atoms with E-state index in [1.54, 1.807) is 0 Å². The second-order valence-electron chi connectivity index (χ2n) is 6.67. The molecule has 1 saturated carbocycles.